The molecule has 2 aromatic rings. The minimum Gasteiger partial charge on any atom is -0.460 e. The maximum absolute atomic E-state index is 13.5. The third-order valence-electron chi connectivity index (χ3n) is 6.04. The van der Waals surface area contributed by atoms with E-state index in [4.69, 9.17) is 9.29 Å². The largest absolute Gasteiger partial charge is 0.460 e. The van der Waals surface area contributed by atoms with Gasteiger partial charge in [0.1, 0.15) is 12.6 Å². The van der Waals surface area contributed by atoms with Crippen LogP contribution in [-0.4, -0.2) is 56.9 Å². The van der Waals surface area contributed by atoms with Gasteiger partial charge in [-0.3, -0.25) is 9.35 Å². The first-order valence-corrected chi connectivity index (χ1v) is 14.3. The summed E-state index contributed by atoms with van der Waals surface area (Å²) in [7, 11) is -9.08. The molecule has 0 bridgehead atoms. The van der Waals surface area contributed by atoms with Crippen LogP contribution in [0.4, 0.5) is 0 Å². The molecule has 2 aromatic carbocycles. The summed E-state index contributed by atoms with van der Waals surface area (Å²) in [5.41, 5.74) is 0.792. The lowest BCUT2D eigenvalue weighted by molar-refractivity contribution is -0.155. The Labute approximate surface area is 212 Å². The predicted octanol–water partition coefficient (Wildman–Crippen LogP) is 2.49. The lowest BCUT2D eigenvalue weighted by atomic mass is 9.77. The third-order valence-corrected chi connectivity index (χ3v) is 8.12. The van der Waals surface area contributed by atoms with E-state index >= 15 is 0 Å². The van der Waals surface area contributed by atoms with E-state index in [1.54, 1.807) is 42.5 Å². The Morgan fingerprint density at radius 1 is 1.06 bits per heavy atom. The normalized spacial score (nSPS) is 19.5. The zero-order valence-corrected chi connectivity index (χ0v) is 21.9. The number of ether oxygens (including phenoxy) is 1. The average molecular weight is 541 g/mol. The lowest BCUT2D eigenvalue weighted by Gasteiger charge is -2.44. The summed E-state index contributed by atoms with van der Waals surface area (Å²) < 4.78 is 71.9. The van der Waals surface area contributed by atoms with Gasteiger partial charge in [-0.15, -0.1) is 0 Å². The first-order valence-electron chi connectivity index (χ1n) is 11.5. The monoisotopic (exact) mass is 540 g/mol. The smallest absolute Gasteiger partial charge is 0.397 e. The Hall–Kier alpha value is -2.35. The van der Waals surface area contributed by atoms with Crippen molar-refractivity contribution in [2.24, 2.45) is 5.41 Å². The van der Waals surface area contributed by atoms with E-state index in [1.807, 2.05) is 32.0 Å². The molecule has 2 N–H and O–H groups in total. The Kier molecular flexibility index (Phi) is 9.25. The van der Waals surface area contributed by atoms with E-state index in [2.05, 4.69) is 8.91 Å². The highest BCUT2D eigenvalue weighted by molar-refractivity contribution is 7.87. The van der Waals surface area contributed by atoms with Crippen LogP contribution in [0.25, 0.3) is 0 Å². The molecule has 0 amide bonds. The van der Waals surface area contributed by atoms with Gasteiger partial charge in [-0.2, -0.15) is 25.9 Å². The minimum absolute atomic E-state index is 0.00635. The summed E-state index contributed by atoms with van der Waals surface area (Å²) >= 11 is 0. The Bertz CT molecular complexity index is 1220. The van der Waals surface area contributed by atoms with Crippen LogP contribution in [0, 0.1) is 5.41 Å². The summed E-state index contributed by atoms with van der Waals surface area (Å²) in [6, 6.07) is 15.8. The van der Waals surface area contributed by atoms with Crippen molar-refractivity contribution in [3.8, 4) is 0 Å². The van der Waals surface area contributed by atoms with Crippen molar-refractivity contribution in [1.82, 2.24) is 9.03 Å². The van der Waals surface area contributed by atoms with Gasteiger partial charge in [0, 0.05) is 6.54 Å². The number of piperidine rings is 1. The molecule has 1 aliphatic heterocycles. The highest BCUT2D eigenvalue weighted by Crippen LogP contribution is 2.37. The molecule has 0 aliphatic carbocycles. The molecular formula is C24H32N2O8S2. The number of nitrogens with zero attached hydrogens (tertiary/aromatic N) is 1. The maximum Gasteiger partial charge on any atom is 0.397 e. The molecule has 3 rings (SSSR count). The molecule has 1 heterocycles. The van der Waals surface area contributed by atoms with Gasteiger partial charge in [-0.1, -0.05) is 74.5 Å². The van der Waals surface area contributed by atoms with E-state index in [0.717, 1.165) is 15.4 Å². The number of esters is 1. The number of benzene rings is 2. The van der Waals surface area contributed by atoms with E-state index in [9.17, 15) is 21.6 Å². The van der Waals surface area contributed by atoms with Crippen molar-refractivity contribution in [3.63, 3.8) is 0 Å². The van der Waals surface area contributed by atoms with Crippen molar-refractivity contribution in [2.45, 2.75) is 51.8 Å². The van der Waals surface area contributed by atoms with Crippen molar-refractivity contribution in [3.05, 3.63) is 71.8 Å². The number of hydrogen-bond donors (Lipinski definition) is 2. The van der Waals surface area contributed by atoms with Gasteiger partial charge in [0.05, 0.1) is 12.6 Å². The van der Waals surface area contributed by atoms with Gasteiger partial charge in [0.25, 0.3) is 10.2 Å². The van der Waals surface area contributed by atoms with Crippen molar-refractivity contribution < 1.29 is 35.1 Å². The predicted molar refractivity (Wildman–Crippen MR) is 133 cm³/mol. The molecule has 10 nitrogen and oxygen atoms in total. The van der Waals surface area contributed by atoms with Gasteiger partial charge in [-0.25, -0.2) is 4.18 Å². The van der Waals surface area contributed by atoms with Crippen LogP contribution in [-0.2, 0) is 47.4 Å². The lowest BCUT2D eigenvalue weighted by Crippen LogP contribution is -2.60. The zero-order valence-electron chi connectivity index (χ0n) is 20.2. The number of hydrogen-bond acceptors (Lipinski definition) is 7. The molecule has 12 heteroatoms. The van der Waals surface area contributed by atoms with Crippen LogP contribution < -0.4 is 4.72 Å². The highest BCUT2D eigenvalue weighted by Gasteiger charge is 2.48. The first-order chi connectivity index (χ1) is 16.9. The fourth-order valence-electron chi connectivity index (χ4n) is 4.33. The van der Waals surface area contributed by atoms with Crippen LogP contribution in [0.15, 0.2) is 60.7 Å². The maximum atomic E-state index is 13.5. The van der Waals surface area contributed by atoms with Gasteiger partial charge in [-0.05, 0) is 35.8 Å². The molecule has 1 saturated heterocycles. The van der Waals surface area contributed by atoms with Crippen LogP contribution in [0.2, 0.25) is 0 Å². The molecule has 0 radical (unpaired) electrons. The molecule has 0 aromatic heterocycles. The third kappa shape index (κ3) is 8.08. The second-order valence-electron chi connectivity index (χ2n) is 9.42. The fraction of sp³-hybridized carbons (Fsp3) is 0.458. The van der Waals surface area contributed by atoms with Crippen LogP contribution in [0.3, 0.4) is 0 Å². The first kappa shape index (κ1) is 28.2. The fourth-order valence-corrected chi connectivity index (χ4v) is 6.39. The molecular weight excluding hydrogens is 508 g/mol. The van der Waals surface area contributed by atoms with Gasteiger partial charge < -0.3 is 4.74 Å². The van der Waals surface area contributed by atoms with Gasteiger partial charge >= 0.3 is 16.4 Å². The second kappa shape index (κ2) is 11.8. The zero-order chi connectivity index (χ0) is 26.4. The van der Waals surface area contributed by atoms with Crippen LogP contribution >= 0.6 is 0 Å². The Morgan fingerprint density at radius 2 is 1.64 bits per heavy atom. The number of nitrogens with one attached hydrogen (secondary N) is 1. The topological polar surface area (TPSA) is 139 Å². The van der Waals surface area contributed by atoms with Crippen molar-refractivity contribution in [1.29, 1.82) is 0 Å². The number of carbonyl (C=O) groups excluding carboxylic acids is 1. The van der Waals surface area contributed by atoms with Crippen molar-refractivity contribution in [2.75, 3.05) is 13.2 Å². The van der Waals surface area contributed by atoms with E-state index in [0.29, 0.717) is 12.8 Å². The standard InChI is InChI=1S/C24H32N2O8S2/c1-24(2)14-9-15-26(22(24)23(27)33-17-20-12-7-4-8-13-20)35(28,29)25-21(18-34-36(30,31)32)16-19-10-5-3-6-11-19/h3-8,10-13,21-22,25H,9,14-18H2,1-2H3,(H,30,31,32). The summed E-state index contributed by atoms with van der Waals surface area (Å²) in [6.45, 7) is 3.08. The molecule has 36 heavy (non-hydrogen) atoms. The molecule has 2 atom stereocenters. The number of carbonyl (C=O) groups is 1. The van der Waals surface area contributed by atoms with E-state index in [1.165, 1.54) is 0 Å². The van der Waals surface area contributed by atoms with E-state index in [-0.39, 0.29) is 19.6 Å². The molecule has 1 aliphatic rings. The quantitative estimate of drug-likeness (QED) is 0.327. The molecule has 0 spiro atoms. The second-order valence-corrected chi connectivity index (χ2v) is 12.2. The summed E-state index contributed by atoms with van der Waals surface area (Å²) in [5, 5.41) is 0. The summed E-state index contributed by atoms with van der Waals surface area (Å²) in [4.78, 5) is 13.2. The molecule has 198 valence electrons. The molecule has 1 fully saturated rings. The minimum atomic E-state index is -4.79. The Morgan fingerprint density at radius 3 is 2.22 bits per heavy atom. The summed E-state index contributed by atoms with van der Waals surface area (Å²) in [5.74, 6) is -0.664. The average Bonchev–Trinajstić information content (AvgIpc) is 2.81. The van der Waals surface area contributed by atoms with Gasteiger partial charge in [0.15, 0.2) is 0 Å². The van der Waals surface area contributed by atoms with Crippen molar-refractivity contribution >= 4 is 26.6 Å². The van der Waals surface area contributed by atoms with Crippen LogP contribution in [0.5, 0.6) is 0 Å². The summed E-state index contributed by atoms with van der Waals surface area (Å²) in [6.07, 6.45) is 1.24. The van der Waals surface area contributed by atoms with Crippen LogP contribution in [0.1, 0.15) is 37.8 Å². The van der Waals surface area contributed by atoms with Gasteiger partial charge in [0.2, 0.25) is 0 Å². The Balaban J connectivity index is 1.82. The SMILES string of the molecule is CC1(C)CCCN(S(=O)(=O)NC(COS(=O)(=O)O)Cc2ccccc2)C1C(=O)OCc1ccccc1. The van der Waals surface area contributed by atoms with E-state index < -0.39 is 50.7 Å². The molecule has 0 saturated carbocycles. The molecule has 2 unspecified atom stereocenters. The number of rotatable bonds is 11. The highest BCUT2D eigenvalue weighted by atomic mass is 32.3.